The van der Waals surface area contributed by atoms with E-state index in [1.54, 1.807) is 42.5 Å². The number of carbonyl (C=O) groups excluding carboxylic acids is 1. The zero-order valence-corrected chi connectivity index (χ0v) is 11.6. The van der Waals surface area contributed by atoms with Gasteiger partial charge in [-0.05, 0) is 30.3 Å². The van der Waals surface area contributed by atoms with Crippen molar-refractivity contribution >= 4 is 23.5 Å². The van der Waals surface area contributed by atoms with Crippen molar-refractivity contribution in [3.8, 4) is 0 Å². The largest absolute Gasteiger partial charge is 0.368 e. The van der Waals surface area contributed by atoms with Crippen LogP contribution in [0.1, 0.15) is 11.1 Å². The zero-order valence-electron chi connectivity index (χ0n) is 10.8. The highest BCUT2D eigenvalue weighted by molar-refractivity contribution is 6.30. The van der Waals surface area contributed by atoms with Crippen molar-refractivity contribution in [3.63, 3.8) is 0 Å². The van der Waals surface area contributed by atoms with Crippen molar-refractivity contribution in [3.05, 3.63) is 70.5 Å². The normalized spacial score (nSPS) is 14.1. The van der Waals surface area contributed by atoms with E-state index >= 15 is 0 Å². The summed E-state index contributed by atoms with van der Waals surface area (Å²) in [5.74, 6) is 0.0209. The summed E-state index contributed by atoms with van der Waals surface area (Å²) in [5, 5.41) is 4.46. The van der Waals surface area contributed by atoms with Crippen molar-refractivity contribution in [1.82, 2.24) is 10.3 Å². The van der Waals surface area contributed by atoms with Crippen LogP contribution < -0.4 is 5.43 Å². The summed E-state index contributed by atoms with van der Waals surface area (Å²) >= 11 is 5.84. The molecule has 3 rings (SSSR count). The van der Waals surface area contributed by atoms with E-state index < -0.39 is 6.03 Å². The molecular weight excluding hydrogens is 293 g/mol. The Hall–Kier alpha value is -2.40. The SMILES string of the molecule is O=C1[N]N=C(c2ccc(Cl)cc2)N1Cc1ccccc1F. The molecule has 0 aromatic heterocycles. The highest BCUT2D eigenvalue weighted by atomic mass is 35.5. The van der Waals surface area contributed by atoms with Gasteiger partial charge in [-0.3, -0.25) is 4.90 Å². The molecule has 0 saturated carbocycles. The number of rotatable bonds is 3. The minimum atomic E-state index is -0.511. The van der Waals surface area contributed by atoms with Gasteiger partial charge in [0, 0.05) is 16.1 Å². The molecule has 1 aliphatic rings. The van der Waals surface area contributed by atoms with Crippen molar-refractivity contribution in [1.29, 1.82) is 0 Å². The molecule has 2 aromatic rings. The first-order valence-electron chi connectivity index (χ1n) is 6.25. The first kappa shape index (κ1) is 13.6. The van der Waals surface area contributed by atoms with E-state index in [0.29, 0.717) is 22.0 Å². The second-order valence-electron chi connectivity index (χ2n) is 4.49. The lowest BCUT2D eigenvalue weighted by Gasteiger charge is -2.17. The number of amidine groups is 1. The third-order valence-electron chi connectivity index (χ3n) is 3.11. The van der Waals surface area contributed by atoms with Crippen molar-refractivity contribution in [2.24, 2.45) is 5.10 Å². The Bertz CT molecular complexity index is 715. The average molecular weight is 303 g/mol. The molecule has 0 fully saturated rings. The van der Waals surface area contributed by atoms with E-state index in [9.17, 15) is 9.18 Å². The first-order valence-corrected chi connectivity index (χ1v) is 6.62. The second-order valence-corrected chi connectivity index (χ2v) is 4.93. The molecule has 2 amide bonds. The standard InChI is InChI=1S/C15H10ClFN3O/c16-12-7-5-10(6-8-12)14-18-19-15(21)20(14)9-11-3-1-2-4-13(11)17/h1-8H,9H2. The third-order valence-corrected chi connectivity index (χ3v) is 3.36. The van der Waals surface area contributed by atoms with Gasteiger partial charge in [0.15, 0.2) is 5.84 Å². The number of urea groups is 1. The molecule has 105 valence electrons. The van der Waals surface area contributed by atoms with Crippen LogP contribution in [-0.2, 0) is 6.54 Å². The summed E-state index contributed by atoms with van der Waals surface area (Å²) in [5.41, 5.74) is 4.65. The number of halogens is 2. The molecule has 6 heteroatoms. The molecule has 4 nitrogen and oxygen atoms in total. The Morgan fingerprint density at radius 3 is 2.52 bits per heavy atom. The van der Waals surface area contributed by atoms with E-state index in [-0.39, 0.29) is 12.4 Å². The number of amides is 2. The Kier molecular flexibility index (Phi) is 3.58. The summed E-state index contributed by atoms with van der Waals surface area (Å²) in [6, 6.07) is 12.7. The molecule has 0 bridgehead atoms. The number of hydrogen-bond donors (Lipinski definition) is 0. The third kappa shape index (κ3) is 2.73. The monoisotopic (exact) mass is 302 g/mol. The van der Waals surface area contributed by atoms with Gasteiger partial charge >= 0.3 is 6.03 Å². The van der Waals surface area contributed by atoms with Crippen molar-refractivity contribution in [2.75, 3.05) is 0 Å². The van der Waals surface area contributed by atoms with Gasteiger partial charge in [0.2, 0.25) is 0 Å². The van der Waals surface area contributed by atoms with Gasteiger partial charge in [-0.15, -0.1) is 5.10 Å². The van der Waals surface area contributed by atoms with Crippen LogP contribution in [0.4, 0.5) is 9.18 Å². The summed E-state index contributed by atoms with van der Waals surface area (Å²) in [7, 11) is 0. The molecule has 0 spiro atoms. The fourth-order valence-corrected chi connectivity index (χ4v) is 2.17. The highest BCUT2D eigenvalue weighted by Crippen LogP contribution is 2.18. The Morgan fingerprint density at radius 2 is 1.81 bits per heavy atom. The van der Waals surface area contributed by atoms with Gasteiger partial charge in [0.05, 0.1) is 6.54 Å². The molecule has 0 N–H and O–H groups in total. The molecule has 2 aromatic carbocycles. The number of benzene rings is 2. The topological polar surface area (TPSA) is 46.8 Å². The predicted octanol–water partition coefficient (Wildman–Crippen LogP) is 3.38. The molecule has 0 atom stereocenters. The van der Waals surface area contributed by atoms with Crippen LogP contribution >= 0.6 is 11.6 Å². The fourth-order valence-electron chi connectivity index (χ4n) is 2.04. The Balaban J connectivity index is 1.89. The summed E-state index contributed by atoms with van der Waals surface area (Å²) in [4.78, 5) is 13.2. The quantitative estimate of drug-likeness (QED) is 0.857. The van der Waals surface area contributed by atoms with E-state index in [1.807, 2.05) is 0 Å². The fraction of sp³-hybridized carbons (Fsp3) is 0.0667. The zero-order chi connectivity index (χ0) is 14.8. The number of nitrogens with zero attached hydrogens (tertiary/aromatic N) is 3. The minimum absolute atomic E-state index is 0.0798. The highest BCUT2D eigenvalue weighted by Gasteiger charge is 2.29. The van der Waals surface area contributed by atoms with Crippen LogP contribution in [0.5, 0.6) is 0 Å². The summed E-state index contributed by atoms with van der Waals surface area (Å²) in [6.07, 6.45) is 0. The van der Waals surface area contributed by atoms with Gasteiger partial charge < -0.3 is 0 Å². The second kappa shape index (κ2) is 5.54. The lowest BCUT2D eigenvalue weighted by molar-refractivity contribution is 0.224. The number of carbonyl (C=O) groups is 1. The van der Waals surface area contributed by atoms with Gasteiger partial charge in [0.25, 0.3) is 0 Å². The average Bonchev–Trinajstić information content (AvgIpc) is 2.84. The van der Waals surface area contributed by atoms with E-state index in [4.69, 9.17) is 11.6 Å². The summed E-state index contributed by atoms with van der Waals surface area (Å²) in [6.45, 7) is 0.0798. The minimum Gasteiger partial charge on any atom is -0.269 e. The maximum Gasteiger partial charge on any atom is 0.368 e. The lowest BCUT2D eigenvalue weighted by Crippen LogP contribution is -2.33. The molecule has 21 heavy (non-hydrogen) atoms. The van der Waals surface area contributed by atoms with E-state index in [2.05, 4.69) is 10.5 Å². The smallest absolute Gasteiger partial charge is 0.269 e. The van der Waals surface area contributed by atoms with Gasteiger partial charge in [0.1, 0.15) is 5.82 Å². The molecule has 1 heterocycles. The maximum atomic E-state index is 13.7. The van der Waals surface area contributed by atoms with Gasteiger partial charge in [-0.1, -0.05) is 35.2 Å². The molecule has 1 aliphatic heterocycles. The van der Waals surface area contributed by atoms with E-state index in [0.717, 1.165) is 0 Å². The maximum absolute atomic E-state index is 13.7. The molecule has 0 saturated heterocycles. The van der Waals surface area contributed by atoms with Crippen LogP contribution in [-0.4, -0.2) is 16.8 Å². The molecule has 0 unspecified atom stereocenters. The van der Waals surface area contributed by atoms with Crippen molar-refractivity contribution < 1.29 is 9.18 Å². The van der Waals surface area contributed by atoms with E-state index in [1.165, 1.54) is 11.0 Å². The lowest BCUT2D eigenvalue weighted by atomic mass is 10.1. The van der Waals surface area contributed by atoms with Gasteiger partial charge in [-0.25, -0.2) is 9.18 Å². The Labute approximate surface area is 125 Å². The molecular formula is C15H10ClFN3O. The van der Waals surface area contributed by atoms with Gasteiger partial charge in [-0.2, -0.15) is 0 Å². The summed E-state index contributed by atoms with van der Waals surface area (Å²) < 4.78 is 13.7. The van der Waals surface area contributed by atoms with Crippen LogP contribution in [0.25, 0.3) is 0 Å². The number of hydrogen-bond acceptors (Lipinski definition) is 2. The van der Waals surface area contributed by atoms with Crippen LogP contribution in [0, 0.1) is 5.82 Å². The predicted molar refractivity (Wildman–Crippen MR) is 77.5 cm³/mol. The van der Waals surface area contributed by atoms with Crippen LogP contribution in [0.2, 0.25) is 5.02 Å². The first-order chi connectivity index (χ1) is 10.1. The van der Waals surface area contributed by atoms with Crippen LogP contribution in [0.3, 0.4) is 0 Å². The molecule has 0 aliphatic carbocycles. The van der Waals surface area contributed by atoms with Crippen LogP contribution in [0.15, 0.2) is 53.6 Å². The Morgan fingerprint density at radius 1 is 1.10 bits per heavy atom. The molecule has 1 radical (unpaired) electrons. The van der Waals surface area contributed by atoms with Crippen molar-refractivity contribution in [2.45, 2.75) is 6.54 Å².